The predicted molar refractivity (Wildman–Crippen MR) is 95.2 cm³/mol. The molecule has 1 saturated heterocycles. The molecule has 0 radical (unpaired) electrons. The molecule has 1 aliphatic heterocycles. The number of nitrogens with zero attached hydrogens (tertiary/aromatic N) is 1. The summed E-state index contributed by atoms with van der Waals surface area (Å²) in [5.74, 6) is 0.459. The van der Waals surface area contributed by atoms with E-state index in [1.807, 2.05) is 0 Å². The summed E-state index contributed by atoms with van der Waals surface area (Å²) in [6, 6.07) is 5.30. The Morgan fingerprint density at radius 3 is 2.81 bits per heavy atom. The highest BCUT2D eigenvalue weighted by molar-refractivity contribution is 6.01. The molecule has 0 bridgehead atoms. The number of nitrogens with two attached hydrogens (primary N) is 1. The first-order chi connectivity index (χ1) is 12.6. The predicted octanol–water partition coefficient (Wildman–Crippen LogP) is 1.92. The van der Waals surface area contributed by atoms with Crippen molar-refractivity contribution in [2.75, 3.05) is 6.61 Å². The van der Waals surface area contributed by atoms with E-state index in [-0.39, 0.29) is 18.1 Å². The number of hydrogen-bond acceptors (Lipinski definition) is 5. The van der Waals surface area contributed by atoms with Crippen LogP contribution >= 0.6 is 0 Å². The van der Waals surface area contributed by atoms with Gasteiger partial charge in [0.25, 0.3) is 5.91 Å². The number of nitrogens with one attached hydrogen (secondary N) is 1. The molecule has 1 aliphatic carbocycles. The van der Waals surface area contributed by atoms with Crippen molar-refractivity contribution in [1.82, 2.24) is 10.3 Å². The molecule has 7 heteroatoms. The lowest BCUT2D eigenvalue weighted by Gasteiger charge is -2.27. The Kier molecular flexibility index (Phi) is 4.36. The molecule has 3 N–H and O–H groups in total. The first-order valence-electron chi connectivity index (χ1n) is 8.91. The van der Waals surface area contributed by atoms with E-state index < -0.39 is 5.91 Å². The summed E-state index contributed by atoms with van der Waals surface area (Å²) in [4.78, 5) is 27.5. The van der Waals surface area contributed by atoms with Gasteiger partial charge in [-0.3, -0.25) is 9.59 Å². The minimum absolute atomic E-state index is 0.00449. The Hall–Kier alpha value is -2.83. The second-order valence-electron chi connectivity index (χ2n) is 6.83. The molecule has 136 valence electrons. The van der Waals surface area contributed by atoms with Crippen molar-refractivity contribution in [3.8, 4) is 11.6 Å². The normalized spacial score (nSPS) is 19.8. The number of carbonyl (C=O) groups excluding carboxylic acids is 2. The fraction of sp³-hybridized carbons (Fsp3) is 0.421. The summed E-state index contributed by atoms with van der Waals surface area (Å²) in [5, 5.41) is 4.44. The number of carbonyl (C=O) groups is 2. The van der Waals surface area contributed by atoms with Crippen molar-refractivity contribution in [3.63, 3.8) is 0 Å². The van der Waals surface area contributed by atoms with Gasteiger partial charge >= 0.3 is 0 Å². The van der Waals surface area contributed by atoms with Gasteiger partial charge in [-0.15, -0.1) is 0 Å². The molecule has 26 heavy (non-hydrogen) atoms. The van der Waals surface area contributed by atoms with Crippen LogP contribution in [0.25, 0.3) is 10.8 Å². The van der Waals surface area contributed by atoms with Gasteiger partial charge in [-0.05, 0) is 49.3 Å². The third-order valence-corrected chi connectivity index (χ3v) is 4.95. The lowest BCUT2D eigenvalue weighted by Crippen LogP contribution is -2.31. The van der Waals surface area contributed by atoms with Gasteiger partial charge in [0, 0.05) is 18.0 Å². The first-order valence-corrected chi connectivity index (χ1v) is 8.91. The average molecular weight is 355 g/mol. The van der Waals surface area contributed by atoms with Gasteiger partial charge in [-0.25, -0.2) is 4.98 Å². The van der Waals surface area contributed by atoms with E-state index in [0.29, 0.717) is 30.2 Å². The number of rotatable bonds is 6. The third kappa shape index (κ3) is 3.29. The Balaban J connectivity index is 1.63. The van der Waals surface area contributed by atoms with Crippen LogP contribution in [-0.4, -0.2) is 35.6 Å². The number of pyridine rings is 1. The maximum absolute atomic E-state index is 11.8. The number of benzene rings is 1. The molecule has 1 unspecified atom stereocenters. The van der Waals surface area contributed by atoms with E-state index in [4.69, 9.17) is 15.2 Å². The SMILES string of the molecule is NC(=O)c1cc2ccnc(OCC3CCC(=O)N3)c2cc1OC1CCC1. The largest absolute Gasteiger partial charge is 0.490 e. The monoisotopic (exact) mass is 355 g/mol. The van der Waals surface area contributed by atoms with Crippen LogP contribution in [0.1, 0.15) is 42.5 Å². The molecule has 2 fully saturated rings. The van der Waals surface area contributed by atoms with Gasteiger partial charge in [0.15, 0.2) is 0 Å². The highest BCUT2D eigenvalue weighted by Crippen LogP contribution is 2.34. The van der Waals surface area contributed by atoms with Crippen LogP contribution in [0.4, 0.5) is 0 Å². The van der Waals surface area contributed by atoms with Crippen molar-refractivity contribution in [2.45, 2.75) is 44.2 Å². The lowest BCUT2D eigenvalue weighted by molar-refractivity contribution is -0.119. The fourth-order valence-corrected chi connectivity index (χ4v) is 3.23. The molecule has 1 aromatic heterocycles. The van der Waals surface area contributed by atoms with Crippen molar-refractivity contribution < 1.29 is 19.1 Å². The second kappa shape index (κ2) is 6.82. The molecule has 0 spiro atoms. The minimum Gasteiger partial charge on any atom is -0.490 e. The van der Waals surface area contributed by atoms with E-state index in [2.05, 4.69) is 10.3 Å². The van der Waals surface area contributed by atoms with Gasteiger partial charge in [0.05, 0.1) is 17.7 Å². The second-order valence-corrected chi connectivity index (χ2v) is 6.83. The number of aromatic nitrogens is 1. The average Bonchev–Trinajstić information content (AvgIpc) is 3.00. The molecule has 1 saturated carbocycles. The van der Waals surface area contributed by atoms with Crippen LogP contribution in [0.3, 0.4) is 0 Å². The van der Waals surface area contributed by atoms with Gasteiger partial charge in [-0.1, -0.05) is 0 Å². The Morgan fingerprint density at radius 1 is 1.31 bits per heavy atom. The Bertz CT molecular complexity index is 863. The molecule has 2 amide bonds. The Labute approximate surface area is 150 Å². The summed E-state index contributed by atoms with van der Waals surface area (Å²) >= 11 is 0. The molecule has 2 aliphatic rings. The van der Waals surface area contributed by atoms with Gasteiger partial charge in [0.2, 0.25) is 11.8 Å². The third-order valence-electron chi connectivity index (χ3n) is 4.95. The summed E-state index contributed by atoms with van der Waals surface area (Å²) < 4.78 is 11.8. The summed E-state index contributed by atoms with van der Waals surface area (Å²) in [6.07, 6.45) is 6.13. The quantitative estimate of drug-likeness (QED) is 0.824. The van der Waals surface area contributed by atoms with Gasteiger partial charge in [-0.2, -0.15) is 0 Å². The first kappa shape index (κ1) is 16.6. The van der Waals surface area contributed by atoms with Crippen LogP contribution in [-0.2, 0) is 4.79 Å². The number of ether oxygens (including phenoxy) is 2. The fourth-order valence-electron chi connectivity index (χ4n) is 3.23. The van der Waals surface area contributed by atoms with E-state index in [9.17, 15) is 9.59 Å². The molecule has 4 rings (SSSR count). The zero-order chi connectivity index (χ0) is 18.1. The molecule has 1 atom stereocenters. The van der Waals surface area contributed by atoms with Crippen LogP contribution in [0.5, 0.6) is 11.6 Å². The van der Waals surface area contributed by atoms with E-state index in [1.165, 1.54) is 0 Å². The number of hydrogen-bond donors (Lipinski definition) is 2. The van der Waals surface area contributed by atoms with Crippen LogP contribution in [0, 0.1) is 0 Å². The van der Waals surface area contributed by atoms with Crippen molar-refractivity contribution in [1.29, 1.82) is 0 Å². The highest BCUT2D eigenvalue weighted by atomic mass is 16.5. The zero-order valence-corrected chi connectivity index (χ0v) is 14.4. The van der Waals surface area contributed by atoms with E-state index in [0.717, 1.165) is 36.5 Å². The van der Waals surface area contributed by atoms with Crippen LogP contribution in [0.15, 0.2) is 24.4 Å². The van der Waals surface area contributed by atoms with Crippen molar-refractivity contribution in [3.05, 3.63) is 30.0 Å². The maximum Gasteiger partial charge on any atom is 0.252 e. The standard InChI is InChI=1S/C19H21N3O4/c20-18(24)15-8-11-6-7-21-19(25-10-12-4-5-17(23)22-12)14(11)9-16(15)26-13-2-1-3-13/h6-9,12-13H,1-5,10H2,(H2,20,24)(H,22,23). The van der Waals surface area contributed by atoms with Crippen LogP contribution < -0.4 is 20.5 Å². The Morgan fingerprint density at radius 2 is 2.15 bits per heavy atom. The molecule has 2 heterocycles. The topological polar surface area (TPSA) is 104 Å². The summed E-state index contributed by atoms with van der Waals surface area (Å²) in [7, 11) is 0. The number of fused-ring (bicyclic) bond motifs is 1. The van der Waals surface area contributed by atoms with E-state index >= 15 is 0 Å². The van der Waals surface area contributed by atoms with Crippen molar-refractivity contribution in [2.24, 2.45) is 5.73 Å². The van der Waals surface area contributed by atoms with E-state index in [1.54, 1.807) is 24.4 Å². The molecule has 1 aromatic carbocycles. The molecule has 7 nitrogen and oxygen atoms in total. The summed E-state index contributed by atoms with van der Waals surface area (Å²) in [6.45, 7) is 0.355. The highest BCUT2D eigenvalue weighted by Gasteiger charge is 2.24. The number of primary amides is 1. The molecular weight excluding hydrogens is 334 g/mol. The van der Waals surface area contributed by atoms with Gasteiger partial charge in [0.1, 0.15) is 12.4 Å². The molecule has 2 aromatic rings. The zero-order valence-electron chi connectivity index (χ0n) is 14.4. The smallest absolute Gasteiger partial charge is 0.252 e. The minimum atomic E-state index is -0.519. The lowest BCUT2D eigenvalue weighted by atomic mass is 9.96. The number of amides is 2. The van der Waals surface area contributed by atoms with Crippen LogP contribution in [0.2, 0.25) is 0 Å². The molecular formula is C19H21N3O4. The summed E-state index contributed by atoms with van der Waals surface area (Å²) in [5.41, 5.74) is 5.89. The van der Waals surface area contributed by atoms with Gasteiger partial charge < -0.3 is 20.5 Å². The maximum atomic E-state index is 11.8. The van der Waals surface area contributed by atoms with Crippen molar-refractivity contribution >= 4 is 22.6 Å².